The lowest BCUT2D eigenvalue weighted by molar-refractivity contribution is 0.106. The maximum Gasteiger partial charge on any atom is 0.215 e. The molecular weight excluding hydrogens is 278 g/mol. The molecule has 3 rings (SSSR count). The average molecular weight is 296 g/mol. The largest absolute Gasteiger partial charge is 0.481 e. The van der Waals surface area contributed by atoms with E-state index in [9.17, 15) is 0 Å². The minimum Gasteiger partial charge on any atom is -0.481 e. The zero-order valence-corrected chi connectivity index (χ0v) is 12.4. The first-order valence-electron chi connectivity index (χ1n) is 6.77. The zero-order valence-electron chi connectivity index (χ0n) is 11.7. The van der Waals surface area contributed by atoms with Crippen molar-refractivity contribution in [2.24, 2.45) is 0 Å². The third-order valence-electron chi connectivity index (χ3n) is 3.97. The van der Waals surface area contributed by atoms with Gasteiger partial charge in [0, 0.05) is 19.2 Å². The number of pyridine rings is 1. The first-order chi connectivity index (χ1) is 9.76. The fourth-order valence-corrected chi connectivity index (χ4v) is 3.15. The van der Waals surface area contributed by atoms with Crippen LogP contribution in [0.25, 0.3) is 11.2 Å². The van der Waals surface area contributed by atoms with E-state index < -0.39 is 0 Å². The highest BCUT2D eigenvalue weighted by Crippen LogP contribution is 2.35. The van der Waals surface area contributed by atoms with Crippen molar-refractivity contribution in [2.75, 3.05) is 14.2 Å². The van der Waals surface area contributed by atoms with Crippen LogP contribution in [-0.2, 0) is 10.6 Å². The van der Waals surface area contributed by atoms with Crippen LogP contribution in [0.4, 0.5) is 0 Å². The van der Waals surface area contributed by atoms with E-state index in [-0.39, 0.29) is 0 Å². The highest BCUT2D eigenvalue weighted by molar-refractivity contribution is 6.16. The molecule has 0 bridgehead atoms. The molecule has 0 N–H and O–H groups in total. The highest BCUT2D eigenvalue weighted by atomic mass is 35.5. The van der Waals surface area contributed by atoms with Gasteiger partial charge in [0.1, 0.15) is 11.3 Å². The summed E-state index contributed by atoms with van der Waals surface area (Å²) in [4.78, 5) is 9.11. The Balaban J connectivity index is 2.07. The van der Waals surface area contributed by atoms with E-state index in [1.807, 2.05) is 12.1 Å². The standard InChI is InChI=1S/C14H18ClN3O2/c1-19-10-4-3-9(7-10)18-12(8-15)16-11-5-6-13(20-2)17-14(11)18/h5-6,9-10H,3-4,7-8H2,1-2H3. The van der Waals surface area contributed by atoms with E-state index in [4.69, 9.17) is 21.1 Å². The molecule has 0 aromatic carbocycles. The lowest BCUT2D eigenvalue weighted by atomic mass is 10.2. The van der Waals surface area contributed by atoms with Crippen LogP contribution in [0.1, 0.15) is 31.1 Å². The summed E-state index contributed by atoms with van der Waals surface area (Å²) in [6.45, 7) is 0. The van der Waals surface area contributed by atoms with Crippen molar-refractivity contribution in [2.45, 2.75) is 37.3 Å². The minimum absolute atomic E-state index is 0.311. The number of methoxy groups -OCH3 is 2. The van der Waals surface area contributed by atoms with Gasteiger partial charge in [-0.1, -0.05) is 0 Å². The number of nitrogens with zero attached hydrogens (tertiary/aromatic N) is 3. The number of ether oxygens (including phenoxy) is 2. The Hall–Kier alpha value is -1.33. The van der Waals surface area contributed by atoms with Gasteiger partial charge in [0.05, 0.1) is 19.1 Å². The van der Waals surface area contributed by atoms with Crippen LogP contribution < -0.4 is 4.74 Å². The van der Waals surface area contributed by atoms with E-state index in [1.54, 1.807) is 14.2 Å². The maximum atomic E-state index is 6.05. The Morgan fingerprint density at radius 1 is 1.30 bits per heavy atom. The second kappa shape index (κ2) is 5.58. The Labute approximate surface area is 122 Å². The normalized spacial score (nSPS) is 22.6. The summed E-state index contributed by atoms with van der Waals surface area (Å²) < 4.78 is 12.8. The second-order valence-corrected chi connectivity index (χ2v) is 5.32. The Morgan fingerprint density at radius 3 is 2.80 bits per heavy atom. The summed E-state index contributed by atoms with van der Waals surface area (Å²) in [6, 6.07) is 4.10. The van der Waals surface area contributed by atoms with Gasteiger partial charge in [-0.2, -0.15) is 4.98 Å². The topological polar surface area (TPSA) is 49.2 Å². The van der Waals surface area contributed by atoms with Crippen molar-refractivity contribution in [3.63, 3.8) is 0 Å². The van der Waals surface area contributed by atoms with Crippen LogP contribution in [0.2, 0.25) is 0 Å². The molecule has 1 saturated carbocycles. The summed E-state index contributed by atoms with van der Waals surface area (Å²) in [7, 11) is 3.39. The molecule has 0 radical (unpaired) electrons. The maximum absolute atomic E-state index is 6.05. The molecule has 2 atom stereocenters. The Kier molecular flexibility index (Phi) is 3.81. The number of hydrogen-bond donors (Lipinski definition) is 0. The molecule has 0 saturated heterocycles. The lowest BCUT2D eigenvalue weighted by Crippen LogP contribution is -2.12. The Bertz CT molecular complexity index is 614. The van der Waals surface area contributed by atoms with Crippen LogP contribution in [0.15, 0.2) is 12.1 Å². The predicted molar refractivity (Wildman–Crippen MR) is 77.3 cm³/mol. The third kappa shape index (κ3) is 2.25. The van der Waals surface area contributed by atoms with Gasteiger partial charge in [-0.15, -0.1) is 11.6 Å². The lowest BCUT2D eigenvalue weighted by Gasteiger charge is -2.15. The van der Waals surface area contributed by atoms with E-state index in [1.165, 1.54) is 0 Å². The molecule has 0 amide bonds. The molecule has 2 aromatic rings. The summed E-state index contributed by atoms with van der Waals surface area (Å²) in [5.74, 6) is 1.84. The van der Waals surface area contributed by atoms with Crippen LogP contribution in [0.5, 0.6) is 5.88 Å². The van der Waals surface area contributed by atoms with Crippen molar-refractivity contribution in [3.8, 4) is 5.88 Å². The molecule has 1 aliphatic carbocycles. The van der Waals surface area contributed by atoms with Crippen LogP contribution in [-0.4, -0.2) is 34.9 Å². The molecule has 6 heteroatoms. The molecule has 2 unspecified atom stereocenters. The first kappa shape index (κ1) is 13.6. The fourth-order valence-electron chi connectivity index (χ4n) is 2.96. The van der Waals surface area contributed by atoms with Gasteiger partial charge in [-0.25, -0.2) is 4.98 Å². The summed E-state index contributed by atoms with van der Waals surface area (Å²) in [6.07, 6.45) is 3.41. The fraction of sp³-hybridized carbons (Fsp3) is 0.571. The quantitative estimate of drug-likeness (QED) is 0.814. The van der Waals surface area contributed by atoms with Crippen molar-refractivity contribution >= 4 is 22.8 Å². The third-order valence-corrected chi connectivity index (χ3v) is 4.21. The summed E-state index contributed by atoms with van der Waals surface area (Å²) in [5.41, 5.74) is 1.71. The van der Waals surface area contributed by atoms with E-state index in [0.29, 0.717) is 23.9 Å². The smallest absolute Gasteiger partial charge is 0.215 e. The minimum atomic E-state index is 0.311. The van der Waals surface area contributed by atoms with Gasteiger partial charge in [-0.3, -0.25) is 0 Å². The average Bonchev–Trinajstić information content (AvgIpc) is 3.09. The first-order valence-corrected chi connectivity index (χ1v) is 7.31. The van der Waals surface area contributed by atoms with Crippen LogP contribution in [0, 0.1) is 0 Å². The van der Waals surface area contributed by atoms with E-state index in [2.05, 4.69) is 14.5 Å². The highest BCUT2D eigenvalue weighted by Gasteiger charge is 2.29. The molecule has 0 spiro atoms. The van der Waals surface area contributed by atoms with Gasteiger partial charge < -0.3 is 14.0 Å². The predicted octanol–water partition coefficient (Wildman–Crippen LogP) is 2.92. The van der Waals surface area contributed by atoms with Gasteiger partial charge in [0.25, 0.3) is 0 Å². The SMILES string of the molecule is COc1ccc2nc(CCl)n(C3CCC(OC)C3)c2n1. The van der Waals surface area contributed by atoms with Gasteiger partial charge in [0.15, 0.2) is 5.65 Å². The molecule has 20 heavy (non-hydrogen) atoms. The number of alkyl halides is 1. The Morgan fingerprint density at radius 2 is 2.15 bits per heavy atom. The van der Waals surface area contributed by atoms with Crippen LogP contribution >= 0.6 is 11.6 Å². The molecule has 0 aliphatic heterocycles. The number of fused-ring (bicyclic) bond motifs is 1. The van der Waals surface area contributed by atoms with Gasteiger partial charge in [0.2, 0.25) is 5.88 Å². The molecule has 1 aliphatic rings. The van der Waals surface area contributed by atoms with Crippen molar-refractivity contribution in [1.82, 2.24) is 14.5 Å². The monoisotopic (exact) mass is 295 g/mol. The van der Waals surface area contributed by atoms with Gasteiger partial charge in [-0.05, 0) is 25.3 Å². The number of imidazole rings is 1. The van der Waals surface area contributed by atoms with Crippen molar-refractivity contribution < 1.29 is 9.47 Å². The molecule has 1 fully saturated rings. The van der Waals surface area contributed by atoms with Gasteiger partial charge >= 0.3 is 0 Å². The molecule has 2 aromatic heterocycles. The van der Waals surface area contributed by atoms with E-state index in [0.717, 1.165) is 36.3 Å². The van der Waals surface area contributed by atoms with Crippen molar-refractivity contribution in [1.29, 1.82) is 0 Å². The number of hydrogen-bond acceptors (Lipinski definition) is 4. The second-order valence-electron chi connectivity index (χ2n) is 5.05. The molecule has 5 nitrogen and oxygen atoms in total. The molecule has 2 heterocycles. The van der Waals surface area contributed by atoms with E-state index >= 15 is 0 Å². The molecular formula is C14H18ClN3O2. The zero-order chi connectivity index (χ0) is 14.1. The van der Waals surface area contributed by atoms with Crippen molar-refractivity contribution in [3.05, 3.63) is 18.0 Å². The summed E-state index contributed by atoms with van der Waals surface area (Å²) in [5, 5.41) is 0. The summed E-state index contributed by atoms with van der Waals surface area (Å²) >= 11 is 6.05. The molecule has 108 valence electrons. The number of aromatic nitrogens is 3. The number of rotatable bonds is 4. The number of halogens is 1. The van der Waals surface area contributed by atoms with Crippen LogP contribution in [0.3, 0.4) is 0 Å².